The van der Waals surface area contributed by atoms with E-state index in [1.165, 1.54) is 0 Å². The highest BCUT2D eigenvalue weighted by atomic mass is 16.5. The molecule has 1 heterocycles. The Morgan fingerprint density at radius 3 is 2.63 bits per heavy atom. The lowest BCUT2D eigenvalue weighted by Gasteiger charge is -2.26. The van der Waals surface area contributed by atoms with Crippen LogP contribution in [0.5, 0.6) is 0 Å². The predicted octanol–water partition coefficient (Wildman–Crippen LogP) is 0.229. The van der Waals surface area contributed by atoms with Gasteiger partial charge >= 0.3 is 0 Å². The summed E-state index contributed by atoms with van der Waals surface area (Å²) in [7, 11) is 0. The molecule has 98 valence electrons. The Bertz CT molecular complexity index is 567. The second-order valence-corrected chi connectivity index (χ2v) is 4.10. The first kappa shape index (κ1) is 13.3. The van der Waals surface area contributed by atoms with Gasteiger partial charge in [0.25, 0.3) is 11.8 Å². The highest BCUT2D eigenvalue weighted by Crippen LogP contribution is 2.23. The number of nitrogens with zero attached hydrogens (tertiary/aromatic N) is 1. The van der Waals surface area contributed by atoms with Crippen molar-refractivity contribution in [1.82, 2.24) is 0 Å². The van der Waals surface area contributed by atoms with Crippen molar-refractivity contribution >= 4 is 17.5 Å². The lowest BCUT2D eigenvalue weighted by molar-refractivity contribution is -0.138. The van der Waals surface area contributed by atoms with Crippen LogP contribution in [0.3, 0.4) is 0 Å². The minimum atomic E-state index is -0.408. The largest absolute Gasteiger partial charge is 0.384 e. The van der Waals surface area contributed by atoms with Gasteiger partial charge in [-0.3, -0.25) is 9.59 Å². The van der Waals surface area contributed by atoms with Crippen molar-refractivity contribution in [2.24, 2.45) is 0 Å². The van der Waals surface area contributed by atoms with Gasteiger partial charge in [0.15, 0.2) is 0 Å². The molecule has 2 rings (SSSR count). The van der Waals surface area contributed by atoms with Crippen LogP contribution in [0.25, 0.3) is 0 Å². The fraction of sp³-hybridized carbons (Fsp3) is 0.286. The smallest absolute Gasteiger partial charge is 0.259 e. The predicted molar refractivity (Wildman–Crippen MR) is 68.5 cm³/mol. The number of aryl methyl sites for hydroxylation is 1. The van der Waals surface area contributed by atoms with Crippen LogP contribution in [0.4, 0.5) is 5.69 Å². The normalized spacial score (nSPS) is 15.2. The summed E-state index contributed by atoms with van der Waals surface area (Å²) in [5.41, 5.74) is 1.89. The number of benzene rings is 1. The molecule has 1 saturated heterocycles. The molecule has 1 aliphatic rings. The summed E-state index contributed by atoms with van der Waals surface area (Å²) in [6.07, 6.45) is 0. The topological polar surface area (TPSA) is 66.8 Å². The van der Waals surface area contributed by atoms with E-state index in [-0.39, 0.29) is 19.8 Å². The minimum absolute atomic E-state index is 0.119. The molecule has 1 aromatic rings. The number of rotatable bonds is 1. The van der Waals surface area contributed by atoms with Gasteiger partial charge in [0.1, 0.15) is 19.8 Å². The molecule has 0 unspecified atom stereocenters. The Morgan fingerprint density at radius 1 is 1.32 bits per heavy atom. The number of aliphatic hydroxyl groups is 1. The van der Waals surface area contributed by atoms with Gasteiger partial charge < -0.3 is 9.84 Å². The van der Waals surface area contributed by atoms with Crippen molar-refractivity contribution in [3.05, 3.63) is 29.3 Å². The Hall–Kier alpha value is -2.16. The van der Waals surface area contributed by atoms with Gasteiger partial charge in [0.2, 0.25) is 0 Å². The molecule has 2 amide bonds. The molecule has 1 aromatic carbocycles. The van der Waals surface area contributed by atoms with E-state index in [0.717, 1.165) is 10.5 Å². The van der Waals surface area contributed by atoms with Gasteiger partial charge in [0.05, 0.1) is 5.69 Å². The first-order chi connectivity index (χ1) is 9.13. The number of anilines is 1. The van der Waals surface area contributed by atoms with E-state index >= 15 is 0 Å². The highest BCUT2D eigenvalue weighted by molar-refractivity contribution is 6.17. The molecule has 0 atom stereocenters. The summed E-state index contributed by atoms with van der Waals surface area (Å²) < 4.78 is 4.88. The molecule has 0 bridgehead atoms. The van der Waals surface area contributed by atoms with Gasteiger partial charge in [-0.15, -0.1) is 0 Å². The number of hydrogen-bond donors (Lipinski definition) is 1. The molecule has 5 heteroatoms. The maximum absolute atomic E-state index is 11.8. The first-order valence-corrected chi connectivity index (χ1v) is 5.77. The van der Waals surface area contributed by atoms with Crippen molar-refractivity contribution < 1.29 is 19.4 Å². The van der Waals surface area contributed by atoms with Gasteiger partial charge in [-0.05, 0) is 24.6 Å². The monoisotopic (exact) mass is 259 g/mol. The summed E-state index contributed by atoms with van der Waals surface area (Å²) in [6, 6.07) is 5.28. The quantitative estimate of drug-likeness (QED) is 0.579. The number of ether oxygens (including phenoxy) is 1. The van der Waals surface area contributed by atoms with E-state index in [9.17, 15) is 9.59 Å². The zero-order valence-corrected chi connectivity index (χ0v) is 10.5. The van der Waals surface area contributed by atoms with E-state index in [1.807, 2.05) is 13.0 Å². The van der Waals surface area contributed by atoms with E-state index < -0.39 is 11.8 Å². The summed E-state index contributed by atoms with van der Waals surface area (Å²) >= 11 is 0. The number of aliphatic hydroxyl groups excluding tert-OH is 1. The van der Waals surface area contributed by atoms with Crippen LogP contribution in [0.15, 0.2) is 18.2 Å². The first-order valence-electron chi connectivity index (χ1n) is 5.77. The average Bonchev–Trinajstić information content (AvgIpc) is 2.37. The van der Waals surface area contributed by atoms with Gasteiger partial charge in [-0.2, -0.15) is 0 Å². The standard InChI is InChI=1S/C14H13NO4/c1-10-4-5-11(3-2-6-16)12(7-10)15-13(17)8-19-9-14(15)18/h4-5,7,16H,6,8-9H2,1H3. The average molecular weight is 259 g/mol. The van der Waals surface area contributed by atoms with Crippen molar-refractivity contribution in [3.8, 4) is 11.8 Å². The molecular formula is C14H13NO4. The van der Waals surface area contributed by atoms with E-state index in [4.69, 9.17) is 9.84 Å². The van der Waals surface area contributed by atoms with Crippen LogP contribution in [0.1, 0.15) is 11.1 Å². The molecule has 5 nitrogen and oxygen atoms in total. The van der Waals surface area contributed by atoms with E-state index in [2.05, 4.69) is 11.8 Å². The maximum atomic E-state index is 11.8. The molecule has 0 radical (unpaired) electrons. The fourth-order valence-corrected chi connectivity index (χ4v) is 1.83. The fourth-order valence-electron chi connectivity index (χ4n) is 1.83. The zero-order valence-electron chi connectivity index (χ0n) is 10.5. The highest BCUT2D eigenvalue weighted by Gasteiger charge is 2.29. The van der Waals surface area contributed by atoms with Gasteiger partial charge in [-0.1, -0.05) is 17.9 Å². The number of hydrogen-bond acceptors (Lipinski definition) is 4. The van der Waals surface area contributed by atoms with Crippen LogP contribution in [-0.2, 0) is 14.3 Å². The summed E-state index contributed by atoms with van der Waals surface area (Å²) in [5, 5.41) is 8.75. The lowest BCUT2D eigenvalue weighted by atomic mass is 10.1. The number of carbonyl (C=O) groups is 2. The van der Waals surface area contributed by atoms with Gasteiger partial charge in [0, 0.05) is 5.56 Å². The van der Waals surface area contributed by atoms with Crippen molar-refractivity contribution in [2.45, 2.75) is 6.92 Å². The lowest BCUT2D eigenvalue weighted by Crippen LogP contribution is -2.46. The molecule has 0 aromatic heterocycles. The SMILES string of the molecule is Cc1ccc(C#CCO)c(N2C(=O)COCC2=O)c1. The zero-order chi connectivity index (χ0) is 13.8. The second-order valence-electron chi connectivity index (χ2n) is 4.10. The Balaban J connectivity index is 2.49. The molecule has 1 fully saturated rings. The molecule has 1 aliphatic heterocycles. The Labute approximate surface area is 110 Å². The third-order valence-corrected chi connectivity index (χ3v) is 2.65. The summed E-state index contributed by atoms with van der Waals surface area (Å²) in [4.78, 5) is 24.7. The third-order valence-electron chi connectivity index (χ3n) is 2.65. The Kier molecular flexibility index (Phi) is 3.95. The van der Waals surface area contributed by atoms with Crippen molar-refractivity contribution in [3.63, 3.8) is 0 Å². The molecule has 0 saturated carbocycles. The van der Waals surface area contributed by atoms with Crippen molar-refractivity contribution in [1.29, 1.82) is 0 Å². The molecule has 0 spiro atoms. The minimum Gasteiger partial charge on any atom is -0.384 e. The third kappa shape index (κ3) is 2.81. The second kappa shape index (κ2) is 5.65. The Morgan fingerprint density at radius 2 is 2.00 bits per heavy atom. The number of imide groups is 1. The van der Waals surface area contributed by atoms with E-state index in [1.54, 1.807) is 12.1 Å². The van der Waals surface area contributed by atoms with Crippen LogP contribution in [0.2, 0.25) is 0 Å². The number of morpholine rings is 1. The van der Waals surface area contributed by atoms with Crippen LogP contribution in [0, 0.1) is 18.8 Å². The van der Waals surface area contributed by atoms with Crippen LogP contribution >= 0.6 is 0 Å². The maximum Gasteiger partial charge on any atom is 0.259 e. The van der Waals surface area contributed by atoms with Gasteiger partial charge in [-0.25, -0.2) is 4.90 Å². The number of amides is 2. The van der Waals surface area contributed by atoms with Crippen molar-refractivity contribution in [2.75, 3.05) is 24.7 Å². The number of carbonyl (C=O) groups excluding carboxylic acids is 2. The molecule has 0 aliphatic carbocycles. The summed E-state index contributed by atoms with van der Waals surface area (Å²) in [5.74, 6) is 4.44. The van der Waals surface area contributed by atoms with Crippen LogP contribution in [-0.4, -0.2) is 36.7 Å². The van der Waals surface area contributed by atoms with Crippen LogP contribution < -0.4 is 4.90 Å². The van der Waals surface area contributed by atoms with E-state index in [0.29, 0.717) is 11.3 Å². The molecule has 1 N–H and O–H groups in total. The molecule has 19 heavy (non-hydrogen) atoms. The molecular weight excluding hydrogens is 246 g/mol. The summed E-state index contributed by atoms with van der Waals surface area (Å²) in [6.45, 7) is 1.35.